The second-order valence-electron chi connectivity index (χ2n) is 4.56. The predicted molar refractivity (Wildman–Crippen MR) is 80.1 cm³/mol. The zero-order valence-electron chi connectivity index (χ0n) is 11.5. The second-order valence-corrected chi connectivity index (χ2v) is 5.46. The predicted octanol–water partition coefficient (Wildman–Crippen LogP) is 2.80. The Labute approximate surface area is 126 Å². The van der Waals surface area contributed by atoms with Crippen molar-refractivity contribution in [1.29, 1.82) is 0 Å². The van der Waals surface area contributed by atoms with E-state index in [0.29, 0.717) is 24.1 Å². The van der Waals surface area contributed by atoms with Crippen LogP contribution in [0.25, 0.3) is 0 Å². The van der Waals surface area contributed by atoms with Gasteiger partial charge in [-0.1, -0.05) is 6.07 Å². The number of benzene rings is 1. The molecule has 0 radical (unpaired) electrons. The van der Waals surface area contributed by atoms with Gasteiger partial charge in [-0.3, -0.25) is 5.32 Å². The van der Waals surface area contributed by atoms with E-state index >= 15 is 0 Å². The van der Waals surface area contributed by atoms with E-state index < -0.39 is 0 Å². The lowest BCUT2D eigenvalue weighted by molar-refractivity contribution is 0.171. The molecular formula is C14H15N3O3S. The van der Waals surface area contributed by atoms with Crippen LogP contribution < -0.4 is 20.1 Å². The Bertz CT molecular complexity index is 630. The number of fused-ring (bicyclic) bond motifs is 1. The summed E-state index contributed by atoms with van der Waals surface area (Å²) in [5, 5.41) is 7.92. The first kappa shape index (κ1) is 13.7. The monoisotopic (exact) mass is 305 g/mol. The fourth-order valence-corrected chi connectivity index (χ4v) is 2.55. The Morgan fingerprint density at radius 3 is 2.90 bits per heavy atom. The number of amides is 2. The van der Waals surface area contributed by atoms with Gasteiger partial charge in [-0.2, -0.15) is 0 Å². The van der Waals surface area contributed by atoms with Crippen LogP contribution in [-0.2, 0) is 0 Å². The van der Waals surface area contributed by atoms with E-state index in [9.17, 15) is 4.79 Å². The minimum atomic E-state index is -0.285. The van der Waals surface area contributed by atoms with Crippen LogP contribution in [0, 0.1) is 0 Å². The average Bonchev–Trinajstić information content (AvgIpc) is 2.99. The first-order chi connectivity index (χ1) is 10.2. The highest BCUT2D eigenvalue weighted by atomic mass is 32.1. The summed E-state index contributed by atoms with van der Waals surface area (Å²) >= 11 is 1.37. The molecule has 1 aliphatic heterocycles. The highest BCUT2D eigenvalue weighted by Crippen LogP contribution is 2.32. The first-order valence-corrected chi connectivity index (χ1v) is 7.47. The summed E-state index contributed by atoms with van der Waals surface area (Å²) in [5.41, 5.74) is 0.952. The summed E-state index contributed by atoms with van der Waals surface area (Å²) in [6.07, 6.45) is 1.64. The first-order valence-electron chi connectivity index (χ1n) is 6.59. The Balaban J connectivity index is 1.64. The number of nitrogens with zero attached hydrogens (tertiary/aromatic N) is 1. The fourth-order valence-electron chi connectivity index (χ4n) is 2.03. The summed E-state index contributed by atoms with van der Waals surface area (Å²) in [6, 6.07) is 5.24. The Hall–Kier alpha value is -2.28. The molecule has 0 bridgehead atoms. The van der Waals surface area contributed by atoms with E-state index in [1.807, 2.05) is 25.1 Å². The van der Waals surface area contributed by atoms with Crippen LogP contribution in [0.4, 0.5) is 9.93 Å². The van der Waals surface area contributed by atoms with Gasteiger partial charge in [-0.25, -0.2) is 9.78 Å². The summed E-state index contributed by atoms with van der Waals surface area (Å²) in [5.74, 6) is 1.46. The SMILES string of the molecule is C[C@H](NC(=O)Nc1nccs1)c1ccc2c(c1)OCCO2. The van der Waals surface area contributed by atoms with Crippen molar-refractivity contribution in [2.24, 2.45) is 0 Å². The molecule has 0 unspecified atom stereocenters. The number of nitrogens with one attached hydrogen (secondary N) is 2. The third-order valence-electron chi connectivity index (χ3n) is 3.07. The van der Waals surface area contributed by atoms with Crippen LogP contribution in [-0.4, -0.2) is 24.2 Å². The van der Waals surface area contributed by atoms with Crippen molar-refractivity contribution in [3.63, 3.8) is 0 Å². The van der Waals surface area contributed by atoms with Gasteiger partial charge in [0.15, 0.2) is 16.6 Å². The van der Waals surface area contributed by atoms with Gasteiger partial charge in [-0.05, 0) is 24.6 Å². The van der Waals surface area contributed by atoms with Crippen molar-refractivity contribution in [1.82, 2.24) is 10.3 Å². The van der Waals surface area contributed by atoms with Crippen LogP contribution in [0.3, 0.4) is 0 Å². The normalized spacial score (nSPS) is 14.3. The molecule has 0 fully saturated rings. The van der Waals surface area contributed by atoms with Crippen molar-refractivity contribution < 1.29 is 14.3 Å². The number of ether oxygens (including phenoxy) is 2. The van der Waals surface area contributed by atoms with Gasteiger partial charge in [0, 0.05) is 11.6 Å². The molecule has 1 atom stereocenters. The molecule has 2 amide bonds. The largest absolute Gasteiger partial charge is 0.486 e. The lowest BCUT2D eigenvalue weighted by atomic mass is 10.1. The van der Waals surface area contributed by atoms with Crippen LogP contribution >= 0.6 is 11.3 Å². The second kappa shape index (κ2) is 6.01. The number of hydrogen-bond donors (Lipinski definition) is 2. The third kappa shape index (κ3) is 3.25. The summed E-state index contributed by atoms with van der Waals surface area (Å²) < 4.78 is 11.0. The Morgan fingerprint density at radius 2 is 2.14 bits per heavy atom. The van der Waals surface area contributed by atoms with Crippen LogP contribution in [0.1, 0.15) is 18.5 Å². The fraction of sp³-hybridized carbons (Fsp3) is 0.286. The molecule has 1 aromatic carbocycles. The summed E-state index contributed by atoms with van der Waals surface area (Å²) in [7, 11) is 0. The number of urea groups is 1. The molecule has 0 saturated heterocycles. The number of thiazole rings is 1. The minimum absolute atomic E-state index is 0.152. The molecule has 2 aromatic rings. The van der Waals surface area contributed by atoms with Crippen molar-refractivity contribution in [2.45, 2.75) is 13.0 Å². The highest BCUT2D eigenvalue weighted by Gasteiger charge is 2.16. The van der Waals surface area contributed by atoms with E-state index in [0.717, 1.165) is 11.3 Å². The van der Waals surface area contributed by atoms with Crippen molar-refractivity contribution in [2.75, 3.05) is 18.5 Å². The molecule has 0 spiro atoms. The molecule has 0 aliphatic carbocycles. The van der Waals surface area contributed by atoms with E-state index in [-0.39, 0.29) is 12.1 Å². The van der Waals surface area contributed by atoms with Crippen LogP contribution in [0.15, 0.2) is 29.8 Å². The molecule has 3 rings (SSSR count). The van der Waals surface area contributed by atoms with Gasteiger partial charge >= 0.3 is 6.03 Å². The zero-order chi connectivity index (χ0) is 14.7. The molecule has 2 heterocycles. The smallest absolute Gasteiger partial charge is 0.321 e. The molecule has 6 nitrogen and oxygen atoms in total. The number of aromatic nitrogens is 1. The third-order valence-corrected chi connectivity index (χ3v) is 3.76. The lowest BCUT2D eigenvalue weighted by Crippen LogP contribution is -2.31. The maximum atomic E-state index is 11.9. The molecule has 21 heavy (non-hydrogen) atoms. The van der Waals surface area contributed by atoms with Gasteiger partial charge < -0.3 is 14.8 Å². The van der Waals surface area contributed by atoms with E-state index in [1.165, 1.54) is 11.3 Å². The molecule has 7 heteroatoms. The Kier molecular flexibility index (Phi) is 3.92. The minimum Gasteiger partial charge on any atom is -0.486 e. The molecule has 2 N–H and O–H groups in total. The van der Waals surface area contributed by atoms with E-state index in [1.54, 1.807) is 11.6 Å². The van der Waals surface area contributed by atoms with Gasteiger partial charge in [0.05, 0.1) is 6.04 Å². The molecule has 110 valence electrons. The van der Waals surface area contributed by atoms with Crippen LogP contribution in [0.5, 0.6) is 11.5 Å². The number of carbonyl (C=O) groups is 1. The zero-order valence-corrected chi connectivity index (χ0v) is 12.3. The van der Waals surface area contributed by atoms with Crippen molar-refractivity contribution >= 4 is 22.5 Å². The van der Waals surface area contributed by atoms with Gasteiger partial charge in [0.1, 0.15) is 13.2 Å². The quantitative estimate of drug-likeness (QED) is 0.914. The maximum absolute atomic E-state index is 11.9. The van der Waals surface area contributed by atoms with Gasteiger partial charge in [0.2, 0.25) is 0 Å². The number of hydrogen-bond acceptors (Lipinski definition) is 5. The van der Waals surface area contributed by atoms with Crippen molar-refractivity contribution in [3.8, 4) is 11.5 Å². The topological polar surface area (TPSA) is 72.5 Å². The highest BCUT2D eigenvalue weighted by molar-refractivity contribution is 7.13. The average molecular weight is 305 g/mol. The molecule has 1 aromatic heterocycles. The number of anilines is 1. The van der Waals surface area contributed by atoms with E-state index in [4.69, 9.17) is 9.47 Å². The van der Waals surface area contributed by atoms with Crippen LogP contribution in [0.2, 0.25) is 0 Å². The maximum Gasteiger partial charge on any atom is 0.321 e. The standard InChI is InChI=1S/C14H15N3O3S/c1-9(16-13(18)17-14-15-4-7-21-14)10-2-3-11-12(8-10)20-6-5-19-11/h2-4,7-9H,5-6H2,1H3,(H2,15,16,17,18)/t9-/m0/s1. The van der Waals surface area contributed by atoms with Gasteiger partial charge in [0.25, 0.3) is 0 Å². The lowest BCUT2D eigenvalue weighted by Gasteiger charge is -2.21. The number of rotatable bonds is 3. The summed E-state index contributed by atoms with van der Waals surface area (Å²) in [6.45, 7) is 3.02. The number of carbonyl (C=O) groups excluding carboxylic acids is 1. The molecule has 0 saturated carbocycles. The van der Waals surface area contributed by atoms with Gasteiger partial charge in [-0.15, -0.1) is 11.3 Å². The Morgan fingerprint density at radius 1 is 1.33 bits per heavy atom. The molecule has 1 aliphatic rings. The molecular weight excluding hydrogens is 290 g/mol. The summed E-state index contributed by atoms with van der Waals surface area (Å²) in [4.78, 5) is 15.9. The van der Waals surface area contributed by atoms with E-state index in [2.05, 4.69) is 15.6 Å². The van der Waals surface area contributed by atoms with Crippen molar-refractivity contribution in [3.05, 3.63) is 35.3 Å².